The second-order valence-electron chi connectivity index (χ2n) is 5.31. The molecule has 13 heavy (non-hydrogen) atoms. The molecule has 1 heteroatoms. The summed E-state index contributed by atoms with van der Waals surface area (Å²) in [6.07, 6.45) is 6.38. The Morgan fingerprint density at radius 3 is 2.46 bits per heavy atom. The van der Waals surface area contributed by atoms with E-state index < -0.39 is 0 Å². The molecule has 1 nitrogen and oxygen atoms in total. The Morgan fingerprint density at radius 2 is 1.77 bits per heavy atom. The summed E-state index contributed by atoms with van der Waals surface area (Å²) < 4.78 is 0. The van der Waals surface area contributed by atoms with Crippen LogP contribution in [-0.2, 0) is 0 Å². The first-order valence-electron chi connectivity index (χ1n) is 5.88. The Bertz CT molecular complexity index is 170. The van der Waals surface area contributed by atoms with E-state index >= 15 is 0 Å². The lowest BCUT2D eigenvalue weighted by atomic mass is 9.73. The highest BCUT2D eigenvalue weighted by Gasteiger charge is 2.42. The number of fused-ring (bicyclic) bond motifs is 1. The van der Waals surface area contributed by atoms with Crippen molar-refractivity contribution < 1.29 is 5.11 Å². The first-order chi connectivity index (χ1) is 6.20. The van der Waals surface area contributed by atoms with Crippen LogP contribution in [0, 0.1) is 23.7 Å². The highest BCUT2D eigenvalue weighted by Crippen LogP contribution is 2.48. The smallest absolute Gasteiger partial charge is 0.0571 e. The minimum Gasteiger partial charge on any atom is -0.393 e. The molecule has 2 aliphatic rings. The van der Waals surface area contributed by atoms with Gasteiger partial charge in [-0.1, -0.05) is 20.3 Å². The van der Waals surface area contributed by atoms with Crippen LogP contribution in [0.3, 0.4) is 0 Å². The van der Waals surface area contributed by atoms with Crippen LogP contribution in [-0.4, -0.2) is 11.2 Å². The molecule has 0 aromatic heterocycles. The van der Waals surface area contributed by atoms with E-state index in [1.54, 1.807) is 0 Å². The summed E-state index contributed by atoms with van der Waals surface area (Å²) >= 11 is 0. The monoisotopic (exact) mass is 182 g/mol. The molecule has 0 radical (unpaired) electrons. The van der Waals surface area contributed by atoms with E-state index in [-0.39, 0.29) is 6.10 Å². The van der Waals surface area contributed by atoms with Crippen molar-refractivity contribution in [1.82, 2.24) is 0 Å². The zero-order valence-electron chi connectivity index (χ0n) is 8.87. The molecule has 2 fully saturated rings. The molecule has 0 amide bonds. The Labute approximate surface area is 81.5 Å². The number of rotatable bonds is 1. The first-order valence-corrected chi connectivity index (χ1v) is 5.88. The van der Waals surface area contributed by atoms with Crippen molar-refractivity contribution in [3.8, 4) is 0 Å². The summed E-state index contributed by atoms with van der Waals surface area (Å²) in [5, 5.41) is 9.88. The van der Waals surface area contributed by atoms with E-state index in [1.165, 1.54) is 25.7 Å². The summed E-state index contributed by atoms with van der Waals surface area (Å²) in [5.74, 6) is 3.23. The second kappa shape index (κ2) is 3.61. The summed E-state index contributed by atoms with van der Waals surface area (Å²) in [5.41, 5.74) is 0. The molecule has 0 unspecified atom stereocenters. The molecule has 2 rings (SSSR count). The molecule has 0 aliphatic heterocycles. The summed E-state index contributed by atoms with van der Waals surface area (Å²) in [4.78, 5) is 0. The normalized spacial score (nSPS) is 45.2. The molecule has 0 spiro atoms. The van der Waals surface area contributed by atoms with Crippen LogP contribution in [0.1, 0.15) is 46.0 Å². The third kappa shape index (κ3) is 1.63. The van der Waals surface area contributed by atoms with E-state index in [1.807, 2.05) is 0 Å². The van der Waals surface area contributed by atoms with Gasteiger partial charge in [0.2, 0.25) is 0 Å². The fourth-order valence-electron chi connectivity index (χ4n) is 3.64. The van der Waals surface area contributed by atoms with Gasteiger partial charge in [0.05, 0.1) is 6.10 Å². The molecule has 2 saturated carbocycles. The molecule has 1 N–H and O–H groups in total. The molecule has 4 atom stereocenters. The van der Waals surface area contributed by atoms with Crippen molar-refractivity contribution in [1.29, 1.82) is 0 Å². The van der Waals surface area contributed by atoms with Crippen LogP contribution >= 0.6 is 0 Å². The topological polar surface area (TPSA) is 20.2 Å². The van der Waals surface area contributed by atoms with Crippen molar-refractivity contribution in [3.63, 3.8) is 0 Å². The molecule has 0 aromatic rings. The fourth-order valence-corrected chi connectivity index (χ4v) is 3.64. The van der Waals surface area contributed by atoms with Crippen LogP contribution in [0.4, 0.5) is 0 Å². The van der Waals surface area contributed by atoms with E-state index in [0.717, 1.165) is 24.2 Å². The molecular weight excluding hydrogens is 160 g/mol. The van der Waals surface area contributed by atoms with Gasteiger partial charge in [-0.15, -0.1) is 0 Å². The average molecular weight is 182 g/mol. The van der Waals surface area contributed by atoms with Gasteiger partial charge in [-0.2, -0.15) is 0 Å². The van der Waals surface area contributed by atoms with Crippen molar-refractivity contribution in [2.24, 2.45) is 23.7 Å². The zero-order chi connectivity index (χ0) is 9.42. The molecule has 0 aromatic carbocycles. The van der Waals surface area contributed by atoms with E-state index in [2.05, 4.69) is 13.8 Å². The van der Waals surface area contributed by atoms with Crippen molar-refractivity contribution >= 4 is 0 Å². The maximum absolute atomic E-state index is 9.88. The molecule has 0 saturated heterocycles. The molecule has 76 valence electrons. The van der Waals surface area contributed by atoms with Crippen molar-refractivity contribution in [3.05, 3.63) is 0 Å². The Kier molecular flexibility index (Phi) is 2.64. The van der Waals surface area contributed by atoms with E-state index in [4.69, 9.17) is 0 Å². The predicted octanol–water partition coefficient (Wildman–Crippen LogP) is 2.83. The lowest BCUT2D eigenvalue weighted by Crippen LogP contribution is -2.32. The predicted molar refractivity (Wildman–Crippen MR) is 54.4 cm³/mol. The van der Waals surface area contributed by atoms with Gasteiger partial charge in [0.1, 0.15) is 0 Å². The Morgan fingerprint density at radius 1 is 1.00 bits per heavy atom. The van der Waals surface area contributed by atoms with Crippen molar-refractivity contribution in [2.75, 3.05) is 0 Å². The standard InChI is InChI=1S/C12H22O/c1-8(2)9-6-7-11-10(9)4-3-5-12(11)13/h8-13H,3-7H2,1-2H3/t9-,10-,11-,12+/m1/s1. The largest absolute Gasteiger partial charge is 0.393 e. The molecule has 0 bridgehead atoms. The summed E-state index contributed by atoms with van der Waals surface area (Å²) in [6.45, 7) is 4.68. The van der Waals surface area contributed by atoms with E-state index in [9.17, 15) is 5.11 Å². The number of hydrogen-bond acceptors (Lipinski definition) is 1. The minimum atomic E-state index is 0.0301. The summed E-state index contributed by atoms with van der Waals surface area (Å²) in [7, 11) is 0. The van der Waals surface area contributed by atoms with Gasteiger partial charge in [0.25, 0.3) is 0 Å². The molecular formula is C12H22O. The van der Waals surface area contributed by atoms with Crippen LogP contribution < -0.4 is 0 Å². The SMILES string of the molecule is CC(C)[C@H]1CC[C@@H]2[C@@H]1CCC[C@@H]2O. The molecule has 0 heterocycles. The van der Waals surface area contributed by atoms with Gasteiger partial charge in [0.15, 0.2) is 0 Å². The van der Waals surface area contributed by atoms with Gasteiger partial charge in [0, 0.05) is 0 Å². The van der Waals surface area contributed by atoms with Gasteiger partial charge in [-0.3, -0.25) is 0 Å². The lowest BCUT2D eigenvalue weighted by Gasteiger charge is -2.34. The number of hydrogen-bond donors (Lipinski definition) is 1. The zero-order valence-corrected chi connectivity index (χ0v) is 8.87. The highest BCUT2D eigenvalue weighted by molar-refractivity contribution is 4.92. The van der Waals surface area contributed by atoms with E-state index in [0.29, 0.717) is 5.92 Å². The fraction of sp³-hybridized carbons (Fsp3) is 1.00. The van der Waals surface area contributed by atoms with Gasteiger partial charge in [-0.05, 0) is 49.4 Å². The molecule has 2 aliphatic carbocycles. The van der Waals surface area contributed by atoms with Crippen LogP contribution in [0.2, 0.25) is 0 Å². The van der Waals surface area contributed by atoms with Crippen LogP contribution in [0.5, 0.6) is 0 Å². The lowest BCUT2D eigenvalue weighted by molar-refractivity contribution is 0.0327. The highest BCUT2D eigenvalue weighted by atomic mass is 16.3. The van der Waals surface area contributed by atoms with Gasteiger partial charge < -0.3 is 5.11 Å². The van der Waals surface area contributed by atoms with Crippen molar-refractivity contribution in [2.45, 2.75) is 52.1 Å². The van der Waals surface area contributed by atoms with Gasteiger partial charge >= 0.3 is 0 Å². The first kappa shape index (κ1) is 9.51. The maximum Gasteiger partial charge on any atom is 0.0571 e. The quantitative estimate of drug-likeness (QED) is 0.661. The Balaban J connectivity index is 2.06. The number of aliphatic hydroxyl groups is 1. The van der Waals surface area contributed by atoms with Gasteiger partial charge in [-0.25, -0.2) is 0 Å². The third-order valence-corrected chi connectivity index (χ3v) is 4.32. The Hall–Kier alpha value is -0.0400. The van der Waals surface area contributed by atoms with Crippen LogP contribution in [0.25, 0.3) is 0 Å². The minimum absolute atomic E-state index is 0.0301. The average Bonchev–Trinajstić information content (AvgIpc) is 2.48. The third-order valence-electron chi connectivity index (χ3n) is 4.32. The second-order valence-corrected chi connectivity index (χ2v) is 5.31. The maximum atomic E-state index is 9.88. The number of aliphatic hydroxyl groups excluding tert-OH is 1. The summed E-state index contributed by atoms with van der Waals surface area (Å²) in [6, 6.07) is 0. The van der Waals surface area contributed by atoms with Crippen LogP contribution in [0.15, 0.2) is 0 Å².